The van der Waals surface area contributed by atoms with Gasteiger partial charge in [-0.2, -0.15) is 0 Å². The minimum absolute atomic E-state index is 0.0377. The van der Waals surface area contributed by atoms with E-state index in [0.717, 1.165) is 13.0 Å². The predicted molar refractivity (Wildman–Crippen MR) is 88.0 cm³/mol. The van der Waals surface area contributed by atoms with Crippen molar-refractivity contribution in [2.45, 2.75) is 25.9 Å². The van der Waals surface area contributed by atoms with Gasteiger partial charge in [0.1, 0.15) is 0 Å². The normalized spacial score (nSPS) is 20.8. The molecule has 23 heavy (non-hydrogen) atoms. The highest BCUT2D eigenvalue weighted by atomic mass is 16.2. The maximum atomic E-state index is 12.7. The number of carbonyl (C=O) groups excluding carboxylic acids is 2. The fourth-order valence-corrected chi connectivity index (χ4v) is 3.24. The lowest BCUT2D eigenvalue weighted by Crippen LogP contribution is -2.57. The van der Waals surface area contributed by atoms with E-state index in [1.165, 1.54) is 11.1 Å². The molecule has 2 aliphatic heterocycles. The third kappa shape index (κ3) is 3.47. The van der Waals surface area contributed by atoms with Gasteiger partial charge in [-0.15, -0.1) is 0 Å². The van der Waals surface area contributed by atoms with Crippen molar-refractivity contribution in [2.24, 2.45) is 0 Å². The summed E-state index contributed by atoms with van der Waals surface area (Å²) in [6.07, 6.45) is 0.742. The molecule has 0 radical (unpaired) electrons. The number of rotatable bonds is 2. The van der Waals surface area contributed by atoms with Crippen molar-refractivity contribution in [2.75, 3.05) is 32.7 Å². The molecule has 0 bridgehead atoms. The van der Waals surface area contributed by atoms with Gasteiger partial charge in [-0.1, -0.05) is 24.3 Å². The van der Waals surface area contributed by atoms with Gasteiger partial charge >= 0.3 is 6.03 Å². The predicted octanol–water partition coefficient (Wildman–Crippen LogP) is 0.575. The van der Waals surface area contributed by atoms with E-state index in [0.29, 0.717) is 32.7 Å². The van der Waals surface area contributed by atoms with Crippen LogP contribution in [0.4, 0.5) is 4.79 Å². The Morgan fingerprint density at radius 3 is 2.48 bits per heavy atom. The van der Waals surface area contributed by atoms with Crippen molar-refractivity contribution in [1.82, 2.24) is 20.4 Å². The highest BCUT2D eigenvalue weighted by Crippen LogP contribution is 2.18. The first kappa shape index (κ1) is 15.8. The van der Waals surface area contributed by atoms with Crippen LogP contribution in [0.15, 0.2) is 24.3 Å². The second-order valence-electron chi connectivity index (χ2n) is 6.05. The number of nitrogens with one attached hydrogen (secondary N) is 2. The first-order valence-corrected chi connectivity index (χ1v) is 8.30. The SMILES string of the molecule is CCNC(=O)N1CCN(C(=O)C2Cc3ccccc3CN2)CC1. The number of carbonyl (C=O) groups is 2. The Kier molecular flexibility index (Phi) is 4.81. The van der Waals surface area contributed by atoms with Crippen LogP contribution in [0.2, 0.25) is 0 Å². The smallest absolute Gasteiger partial charge is 0.317 e. The van der Waals surface area contributed by atoms with E-state index in [9.17, 15) is 9.59 Å². The molecule has 6 heteroatoms. The Morgan fingerprint density at radius 2 is 1.78 bits per heavy atom. The summed E-state index contributed by atoms with van der Waals surface area (Å²) in [5.41, 5.74) is 2.53. The van der Waals surface area contributed by atoms with Gasteiger partial charge in [-0.05, 0) is 24.5 Å². The topological polar surface area (TPSA) is 64.7 Å². The summed E-state index contributed by atoms with van der Waals surface area (Å²) in [5.74, 6) is 0.148. The molecule has 2 N–H and O–H groups in total. The minimum atomic E-state index is -0.152. The fraction of sp³-hybridized carbons (Fsp3) is 0.529. The van der Waals surface area contributed by atoms with Crippen LogP contribution in [0.3, 0.4) is 0 Å². The molecule has 124 valence electrons. The van der Waals surface area contributed by atoms with Gasteiger partial charge in [0.2, 0.25) is 5.91 Å². The van der Waals surface area contributed by atoms with E-state index >= 15 is 0 Å². The Hall–Kier alpha value is -2.08. The van der Waals surface area contributed by atoms with Crippen molar-refractivity contribution < 1.29 is 9.59 Å². The maximum absolute atomic E-state index is 12.7. The zero-order chi connectivity index (χ0) is 16.2. The monoisotopic (exact) mass is 316 g/mol. The summed E-state index contributed by atoms with van der Waals surface area (Å²) in [4.78, 5) is 28.2. The molecule has 1 atom stereocenters. The maximum Gasteiger partial charge on any atom is 0.317 e. The van der Waals surface area contributed by atoms with Crippen molar-refractivity contribution in [3.8, 4) is 0 Å². The summed E-state index contributed by atoms with van der Waals surface area (Å²) in [5, 5.41) is 6.15. The molecule has 3 amide bonds. The van der Waals surface area contributed by atoms with Crippen molar-refractivity contribution in [1.29, 1.82) is 0 Å². The van der Waals surface area contributed by atoms with Crippen LogP contribution in [0.1, 0.15) is 18.1 Å². The number of urea groups is 1. The van der Waals surface area contributed by atoms with Gasteiger partial charge in [-0.3, -0.25) is 4.79 Å². The molecular weight excluding hydrogens is 292 g/mol. The van der Waals surface area contributed by atoms with E-state index in [1.807, 2.05) is 24.0 Å². The van der Waals surface area contributed by atoms with Crippen molar-refractivity contribution in [3.05, 3.63) is 35.4 Å². The van der Waals surface area contributed by atoms with Crippen LogP contribution in [-0.2, 0) is 17.8 Å². The fourth-order valence-electron chi connectivity index (χ4n) is 3.24. The largest absolute Gasteiger partial charge is 0.338 e. The van der Waals surface area contributed by atoms with Crippen LogP contribution in [0.5, 0.6) is 0 Å². The Labute approximate surface area is 136 Å². The van der Waals surface area contributed by atoms with E-state index in [4.69, 9.17) is 0 Å². The Bertz CT molecular complexity index is 582. The number of benzene rings is 1. The number of nitrogens with zero attached hydrogens (tertiary/aromatic N) is 2. The number of hydrogen-bond donors (Lipinski definition) is 2. The summed E-state index contributed by atoms with van der Waals surface area (Å²) in [6, 6.07) is 8.07. The molecule has 6 nitrogen and oxygen atoms in total. The van der Waals surface area contributed by atoms with Gasteiger partial charge in [-0.25, -0.2) is 4.79 Å². The molecule has 1 aromatic carbocycles. The third-order valence-corrected chi connectivity index (χ3v) is 4.59. The third-order valence-electron chi connectivity index (χ3n) is 4.59. The summed E-state index contributed by atoms with van der Waals surface area (Å²) >= 11 is 0. The molecule has 0 spiro atoms. The average Bonchev–Trinajstić information content (AvgIpc) is 2.61. The minimum Gasteiger partial charge on any atom is -0.338 e. The Balaban J connectivity index is 1.55. The van der Waals surface area contributed by atoms with Crippen molar-refractivity contribution in [3.63, 3.8) is 0 Å². The highest BCUT2D eigenvalue weighted by molar-refractivity contribution is 5.83. The van der Waals surface area contributed by atoms with Crippen LogP contribution < -0.4 is 10.6 Å². The molecule has 0 saturated carbocycles. The first-order valence-electron chi connectivity index (χ1n) is 8.30. The molecule has 1 saturated heterocycles. The number of piperazine rings is 1. The van der Waals surface area contributed by atoms with Crippen molar-refractivity contribution >= 4 is 11.9 Å². The first-order chi connectivity index (χ1) is 11.2. The zero-order valence-corrected chi connectivity index (χ0v) is 13.5. The summed E-state index contributed by atoms with van der Waals surface area (Å²) < 4.78 is 0. The van der Waals surface area contributed by atoms with E-state index in [-0.39, 0.29) is 18.0 Å². The van der Waals surface area contributed by atoms with Gasteiger partial charge in [0, 0.05) is 39.3 Å². The molecule has 0 aromatic heterocycles. The zero-order valence-electron chi connectivity index (χ0n) is 13.5. The lowest BCUT2D eigenvalue weighted by Gasteiger charge is -2.37. The highest BCUT2D eigenvalue weighted by Gasteiger charge is 2.30. The molecule has 1 aromatic rings. The van der Waals surface area contributed by atoms with Gasteiger partial charge in [0.25, 0.3) is 0 Å². The summed E-state index contributed by atoms with van der Waals surface area (Å²) in [6.45, 7) is 5.69. The number of fused-ring (bicyclic) bond motifs is 1. The average molecular weight is 316 g/mol. The lowest BCUT2D eigenvalue weighted by molar-refractivity contribution is -0.135. The Morgan fingerprint density at radius 1 is 1.13 bits per heavy atom. The standard InChI is InChI=1S/C17H24N4O2/c1-2-18-17(23)21-9-7-20(8-10-21)16(22)15-11-13-5-3-4-6-14(13)12-19-15/h3-6,15,19H,2,7-12H2,1H3,(H,18,23). The molecular formula is C17H24N4O2. The van der Waals surface area contributed by atoms with Crippen LogP contribution in [0, 0.1) is 0 Å². The van der Waals surface area contributed by atoms with Gasteiger partial charge < -0.3 is 20.4 Å². The van der Waals surface area contributed by atoms with Gasteiger partial charge in [0.15, 0.2) is 0 Å². The second-order valence-corrected chi connectivity index (χ2v) is 6.05. The summed E-state index contributed by atoms with van der Waals surface area (Å²) in [7, 11) is 0. The molecule has 2 aliphatic rings. The molecule has 1 fully saturated rings. The second kappa shape index (κ2) is 7.00. The quantitative estimate of drug-likeness (QED) is 0.839. The molecule has 3 rings (SSSR count). The molecule has 2 heterocycles. The van der Waals surface area contributed by atoms with E-state index in [2.05, 4.69) is 22.8 Å². The number of hydrogen-bond acceptors (Lipinski definition) is 3. The van der Waals surface area contributed by atoms with Crippen LogP contribution in [-0.4, -0.2) is 60.5 Å². The molecule has 0 aliphatic carbocycles. The van der Waals surface area contributed by atoms with Crippen LogP contribution in [0.25, 0.3) is 0 Å². The van der Waals surface area contributed by atoms with Gasteiger partial charge in [0.05, 0.1) is 6.04 Å². The van der Waals surface area contributed by atoms with Crippen LogP contribution >= 0.6 is 0 Å². The number of amides is 3. The van der Waals surface area contributed by atoms with E-state index in [1.54, 1.807) is 4.90 Å². The lowest BCUT2D eigenvalue weighted by atomic mass is 9.95. The molecule has 1 unspecified atom stereocenters. The van der Waals surface area contributed by atoms with E-state index < -0.39 is 0 Å².